The largest absolute Gasteiger partial charge is 0.368 e. The van der Waals surface area contributed by atoms with E-state index in [1.165, 1.54) is 4.90 Å². The highest BCUT2D eigenvalue weighted by molar-refractivity contribution is 5.95. The minimum Gasteiger partial charge on any atom is -0.368 e. The van der Waals surface area contributed by atoms with Crippen molar-refractivity contribution in [3.63, 3.8) is 0 Å². The van der Waals surface area contributed by atoms with Crippen molar-refractivity contribution in [1.82, 2.24) is 25.1 Å². The standard InChI is InChI=1S/C10H12N6O2/c11-8-13-3-6-4-15(5-7(6)14-8)10(18)16-2-1-12-9(16)17/h3H,1-2,4-5H2,(H,12,17)(H2,11,13,14). The highest BCUT2D eigenvalue weighted by Gasteiger charge is 2.33. The summed E-state index contributed by atoms with van der Waals surface area (Å²) in [4.78, 5) is 34.3. The number of hydrogen-bond acceptors (Lipinski definition) is 5. The number of nitrogens with zero attached hydrogens (tertiary/aromatic N) is 4. The summed E-state index contributed by atoms with van der Waals surface area (Å²) in [7, 11) is 0. The lowest BCUT2D eigenvalue weighted by Crippen LogP contribution is -2.42. The van der Waals surface area contributed by atoms with E-state index in [0.717, 1.165) is 11.3 Å². The summed E-state index contributed by atoms with van der Waals surface area (Å²) in [6.45, 7) is 1.68. The van der Waals surface area contributed by atoms with Gasteiger partial charge in [0.1, 0.15) is 0 Å². The Morgan fingerprint density at radius 3 is 3.00 bits per heavy atom. The van der Waals surface area contributed by atoms with Crippen LogP contribution in [0, 0.1) is 0 Å². The van der Waals surface area contributed by atoms with Crippen LogP contribution >= 0.6 is 0 Å². The first-order valence-electron chi connectivity index (χ1n) is 5.59. The molecule has 0 saturated carbocycles. The third-order valence-corrected chi connectivity index (χ3v) is 3.03. The molecule has 0 bridgehead atoms. The van der Waals surface area contributed by atoms with Crippen molar-refractivity contribution in [2.45, 2.75) is 13.1 Å². The van der Waals surface area contributed by atoms with Crippen molar-refractivity contribution in [2.24, 2.45) is 0 Å². The van der Waals surface area contributed by atoms with Gasteiger partial charge in [-0.1, -0.05) is 0 Å². The van der Waals surface area contributed by atoms with Gasteiger partial charge < -0.3 is 16.0 Å². The van der Waals surface area contributed by atoms with E-state index in [0.29, 0.717) is 26.2 Å². The first-order chi connectivity index (χ1) is 8.65. The zero-order chi connectivity index (χ0) is 12.7. The molecule has 18 heavy (non-hydrogen) atoms. The quantitative estimate of drug-likeness (QED) is 0.645. The molecule has 2 aliphatic heterocycles. The maximum Gasteiger partial charge on any atom is 0.328 e. The number of fused-ring (bicyclic) bond motifs is 1. The molecule has 4 amide bonds. The van der Waals surface area contributed by atoms with E-state index >= 15 is 0 Å². The van der Waals surface area contributed by atoms with Crippen molar-refractivity contribution in [3.05, 3.63) is 17.5 Å². The normalized spacial score (nSPS) is 17.9. The van der Waals surface area contributed by atoms with Gasteiger partial charge in [0.25, 0.3) is 0 Å². The Bertz CT molecular complexity index is 531. The molecule has 3 N–H and O–H groups in total. The number of aromatic nitrogens is 2. The first kappa shape index (κ1) is 10.8. The molecule has 0 radical (unpaired) electrons. The fourth-order valence-electron chi connectivity index (χ4n) is 2.13. The highest BCUT2D eigenvalue weighted by Crippen LogP contribution is 2.22. The molecular formula is C10H12N6O2. The average Bonchev–Trinajstić information content (AvgIpc) is 2.93. The molecule has 1 aromatic rings. The number of carbonyl (C=O) groups is 2. The predicted octanol–water partition coefficient (Wildman–Crippen LogP) is -0.480. The van der Waals surface area contributed by atoms with E-state index in [1.807, 2.05) is 0 Å². The summed E-state index contributed by atoms with van der Waals surface area (Å²) in [5.74, 6) is 0.196. The van der Waals surface area contributed by atoms with Gasteiger partial charge in [-0.15, -0.1) is 0 Å². The van der Waals surface area contributed by atoms with E-state index < -0.39 is 0 Å². The van der Waals surface area contributed by atoms with E-state index in [1.54, 1.807) is 11.1 Å². The van der Waals surface area contributed by atoms with Crippen LogP contribution in [0.1, 0.15) is 11.3 Å². The van der Waals surface area contributed by atoms with Crippen LogP contribution in [0.3, 0.4) is 0 Å². The smallest absolute Gasteiger partial charge is 0.328 e. The van der Waals surface area contributed by atoms with Crippen molar-refractivity contribution in [2.75, 3.05) is 18.8 Å². The number of nitrogens with two attached hydrogens (primary N) is 1. The monoisotopic (exact) mass is 248 g/mol. The molecule has 1 saturated heterocycles. The summed E-state index contributed by atoms with van der Waals surface area (Å²) in [6.07, 6.45) is 1.62. The number of anilines is 1. The third kappa shape index (κ3) is 1.62. The fourth-order valence-corrected chi connectivity index (χ4v) is 2.13. The van der Waals surface area contributed by atoms with Gasteiger partial charge in [-0.2, -0.15) is 0 Å². The average molecular weight is 248 g/mol. The SMILES string of the molecule is Nc1ncc2c(n1)CN(C(=O)N1CCNC1=O)C2. The third-order valence-electron chi connectivity index (χ3n) is 3.03. The summed E-state index contributed by atoms with van der Waals surface area (Å²) in [5, 5.41) is 2.60. The van der Waals surface area contributed by atoms with Gasteiger partial charge in [0.2, 0.25) is 5.95 Å². The second kappa shape index (κ2) is 3.83. The molecule has 0 unspecified atom stereocenters. The Hall–Kier alpha value is -2.38. The maximum absolute atomic E-state index is 12.1. The van der Waals surface area contributed by atoms with Gasteiger partial charge >= 0.3 is 12.1 Å². The summed E-state index contributed by atoms with van der Waals surface area (Å²) < 4.78 is 0. The number of amides is 4. The molecule has 3 rings (SSSR count). The lowest BCUT2D eigenvalue weighted by atomic mass is 10.3. The number of carbonyl (C=O) groups excluding carboxylic acids is 2. The molecule has 94 valence electrons. The van der Waals surface area contributed by atoms with Crippen molar-refractivity contribution < 1.29 is 9.59 Å². The molecule has 2 aliphatic rings. The summed E-state index contributed by atoms with van der Waals surface area (Å²) in [5.41, 5.74) is 7.11. The fraction of sp³-hybridized carbons (Fsp3) is 0.400. The molecule has 0 aromatic carbocycles. The van der Waals surface area contributed by atoms with Gasteiger partial charge in [0, 0.05) is 24.8 Å². The second-order valence-corrected chi connectivity index (χ2v) is 4.22. The van der Waals surface area contributed by atoms with Crippen LogP contribution < -0.4 is 11.1 Å². The Labute approximate surface area is 103 Å². The zero-order valence-electron chi connectivity index (χ0n) is 9.59. The topological polar surface area (TPSA) is 104 Å². The molecule has 1 aromatic heterocycles. The van der Waals surface area contributed by atoms with Crippen molar-refractivity contribution >= 4 is 18.0 Å². The van der Waals surface area contributed by atoms with Crippen LogP contribution in [-0.4, -0.2) is 44.9 Å². The Morgan fingerprint density at radius 2 is 2.28 bits per heavy atom. The minimum atomic E-state index is -0.346. The van der Waals surface area contributed by atoms with Crippen LogP contribution in [0.4, 0.5) is 15.5 Å². The van der Waals surface area contributed by atoms with E-state index in [4.69, 9.17) is 5.73 Å². The number of nitrogens with one attached hydrogen (secondary N) is 1. The zero-order valence-corrected chi connectivity index (χ0v) is 9.59. The Balaban J connectivity index is 1.77. The van der Waals surface area contributed by atoms with Crippen molar-refractivity contribution in [1.29, 1.82) is 0 Å². The molecule has 1 fully saturated rings. The Morgan fingerprint density at radius 1 is 1.44 bits per heavy atom. The number of imide groups is 1. The molecule has 3 heterocycles. The van der Waals surface area contributed by atoms with E-state index in [2.05, 4.69) is 15.3 Å². The summed E-state index contributed by atoms with van der Waals surface area (Å²) in [6, 6.07) is -0.650. The van der Waals surface area contributed by atoms with Gasteiger partial charge in [0.05, 0.1) is 18.8 Å². The molecule has 0 aliphatic carbocycles. The molecule has 8 nitrogen and oxygen atoms in total. The van der Waals surface area contributed by atoms with Gasteiger partial charge in [0.15, 0.2) is 0 Å². The van der Waals surface area contributed by atoms with Crippen LogP contribution in [0.2, 0.25) is 0 Å². The van der Waals surface area contributed by atoms with Gasteiger partial charge in [-0.05, 0) is 0 Å². The maximum atomic E-state index is 12.1. The van der Waals surface area contributed by atoms with Gasteiger partial charge in [-0.25, -0.2) is 24.5 Å². The van der Waals surface area contributed by atoms with Crippen LogP contribution in [-0.2, 0) is 13.1 Å². The van der Waals surface area contributed by atoms with Crippen LogP contribution in [0.5, 0.6) is 0 Å². The second-order valence-electron chi connectivity index (χ2n) is 4.22. The van der Waals surface area contributed by atoms with Gasteiger partial charge in [-0.3, -0.25) is 0 Å². The minimum absolute atomic E-state index is 0.196. The van der Waals surface area contributed by atoms with Crippen LogP contribution in [0.15, 0.2) is 6.20 Å². The van der Waals surface area contributed by atoms with E-state index in [9.17, 15) is 9.59 Å². The lowest BCUT2D eigenvalue weighted by Gasteiger charge is -2.20. The number of rotatable bonds is 0. The number of urea groups is 2. The first-order valence-corrected chi connectivity index (χ1v) is 5.59. The van der Waals surface area contributed by atoms with E-state index in [-0.39, 0.29) is 18.0 Å². The summed E-state index contributed by atoms with van der Waals surface area (Å²) >= 11 is 0. The molecule has 0 atom stereocenters. The number of nitrogen functional groups attached to an aromatic ring is 1. The molecule has 0 spiro atoms. The molecule has 8 heteroatoms. The predicted molar refractivity (Wildman–Crippen MR) is 61.2 cm³/mol. The molecular weight excluding hydrogens is 236 g/mol. The lowest BCUT2D eigenvalue weighted by molar-refractivity contribution is 0.163. The highest BCUT2D eigenvalue weighted by atomic mass is 16.2. The van der Waals surface area contributed by atoms with Crippen LogP contribution in [0.25, 0.3) is 0 Å². The number of hydrogen-bond donors (Lipinski definition) is 2. The van der Waals surface area contributed by atoms with Crippen molar-refractivity contribution in [3.8, 4) is 0 Å². The Kier molecular flexibility index (Phi) is 2.29.